The molecule has 2 heterocycles. The molecule has 1 aliphatic carbocycles. The van der Waals surface area contributed by atoms with E-state index < -0.39 is 11.6 Å². The number of aromatic nitrogens is 2. The SMILES string of the molecule is C[N+]1(CCCc2ccncn2)CCC[C@@H]1COC(=O)C(O)(c1ccccc1)C1CCCC1. The van der Waals surface area contributed by atoms with Crippen molar-refractivity contribution >= 4 is 5.97 Å². The first kappa shape index (κ1) is 22.9. The second-order valence-corrected chi connectivity index (χ2v) is 9.74. The Labute approximate surface area is 191 Å². The molecule has 3 atom stereocenters. The highest BCUT2D eigenvalue weighted by molar-refractivity contribution is 5.81. The smallest absolute Gasteiger partial charge is 0.343 e. The Bertz CT molecular complexity index is 872. The van der Waals surface area contributed by atoms with Gasteiger partial charge in [0.05, 0.1) is 20.1 Å². The van der Waals surface area contributed by atoms with E-state index in [-0.39, 0.29) is 12.0 Å². The largest absolute Gasteiger partial charge is 0.457 e. The van der Waals surface area contributed by atoms with Crippen molar-refractivity contribution < 1.29 is 19.1 Å². The molecule has 1 saturated heterocycles. The average molecular weight is 439 g/mol. The van der Waals surface area contributed by atoms with Crippen LogP contribution in [0.4, 0.5) is 0 Å². The molecule has 6 nitrogen and oxygen atoms in total. The van der Waals surface area contributed by atoms with E-state index in [2.05, 4.69) is 17.0 Å². The third-order valence-corrected chi connectivity index (χ3v) is 7.71. The van der Waals surface area contributed by atoms with Crippen molar-refractivity contribution in [3.8, 4) is 0 Å². The third kappa shape index (κ3) is 4.86. The van der Waals surface area contributed by atoms with Gasteiger partial charge in [0.1, 0.15) is 19.0 Å². The third-order valence-electron chi connectivity index (χ3n) is 7.71. The van der Waals surface area contributed by atoms with Crippen molar-refractivity contribution in [3.05, 3.63) is 60.2 Å². The highest BCUT2D eigenvalue weighted by atomic mass is 16.6. The monoisotopic (exact) mass is 438 g/mol. The molecule has 172 valence electrons. The minimum absolute atomic E-state index is 0.0743. The molecule has 6 heteroatoms. The molecule has 2 aliphatic rings. The summed E-state index contributed by atoms with van der Waals surface area (Å²) in [5.74, 6) is -0.551. The van der Waals surface area contributed by atoms with Crippen molar-refractivity contribution in [1.82, 2.24) is 9.97 Å². The van der Waals surface area contributed by atoms with Gasteiger partial charge >= 0.3 is 5.97 Å². The molecular weight excluding hydrogens is 402 g/mol. The lowest BCUT2D eigenvalue weighted by atomic mass is 9.80. The number of esters is 1. The highest BCUT2D eigenvalue weighted by Crippen LogP contribution is 2.41. The number of quaternary nitrogens is 1. The van der Waals surface area contributed by atoms with E-state index in [0.29, 0.717) is 12.2 Å². The Balaban J connectivity index is 1.38. The zero-order valence-electron chi connectivity index (χ0n) is 19.2. The summed E-state index contributed by atoms with van der Waals surface area (Å²) >= 11 is 0. The van der Waals surface area contributed by atoms with Crippen LogP contribution in [0.1, 0.15) is 56.2 Å². The summed E-state index contributed by atoms with van der Waals surface area (Å²) in [6.45, 7) is 2.49. The molecule has 1 aromatic heterocycles. The second kappa shape index (κ2) is 10.1. The van der Waals surface area contributed by atoms with Crippen LogP contribution in [0.2, 0.25) is 0 Å². The number of benzene rings is 1. The number of hydrogen-bond acceptors (Lipinski definition) is 5. The van der Waals surface area contributed by atoms with Gasteiger partial charge in [-0.3, -0.25) is 0 Å². The van der Waals surface area contributed by atoms with Crippen molar-refractivity contribution in [2.45, 2.75) is 63.0 Å². The molecule has 1 N–H and O–H groups in total. The summed E-state index contributed by atoms with van der Waals surface area (Å²) < 4.78 is 6.80. The quantitative estimate of drug-likeness (QED) is 0.478. The predicted octanol–water partition coefficient (Wildman–Crippen LogP) is 3.64. The van der Waals surface area contributed by atoms with Gasteiger partial charge in [-0.25, -0.2) is 14.8 Å². The maximum atomic E-state index is 13.3. The van der Waals surface area contributed by atoms with E-state index >= 15 is 0 Å². The number of aryl methyl sites for hydroxylation is 1. The van der Waals surface area contributed by atoms with E-state index in [0.717, 1.165) is 74.6 Å². The van der Waals surface area contributed by atoms with Gasteiger partial charge in [0.2, 0.25) is 0 Å². The van der Waals surface area contributed by atoms with Gasteiger partial charge in [0.25, 0.3) is 0 Å². The van der Waals surface area contributed by atoms with Crippen molar-refractivity contribution in [2.24, 2.45) is 5.92 Å². The van der Waals surface area contributed by atoms with Crippen molar-refractivity contribution in [3.63, 3.8) is 0 Å². The van der Waals surface area contributed by atoms with Crippen molar-refractivity contribution in [1.29, 1.82) is 0 Å². The summed E-state index contributed by atoms with van der Waals surface area (Å²) in [4.78, 5) is 21.6. The van der Waals surface area contributed by atoms with Crippen LogP contribution in [0, 0.1) is 5.92 Å². The Morgan fingerprint density at radius 3 is 2.66 bits per heavy atom. The van der Waals surface area contributed by atoms with Crippen LogP contribution in [-0.4, -0.2) is 58.3 Å². The van der Waals surface area contributed by atoms with Crippen LogP contribution < -0.4 is 0 Å². The number of hydrogen-bond donors (Lipinski definition) is 1. The van der Waals surface area contributed by atoms with Crippen LogP contribution >= 0.6 is 0 Å². The number of carbonyl (C=O) groups excluding carboxylic acids is 1. The Hall–Kier alpha value is -2.31. The van der Waals surface area contributed by atoms with Gasteiger partial charge in [-0.05, 0) is 30.9 Å². The van der Waals surface area contributed by atoms with Crippen molar-refractivity contribution in [2.75, 3.05) is 26.7 Å². The summed E-state index contributed by atoms with van der Waals surface area (Å²) in [5, 5.41) is 11.6. The lowest BCUT2D eigenvalue weighted by Gasteiger charge is -2.37. The highest BCUT2D eigenvalue weighted by Gasteiger charge is 2.48. The molecule has 2 aromatic rings. The molecule has 0 amide bonds. The van der Waals surface area contributed by atoms with E-state index in [1.165, 1.54) is 0 Å². The number of likely N-dealkylation sites (N-methyl/N-ethyl adjacent to an activating group) is 1. The van der Waals surface area contributed by atoms with E-state index in [1.807, 2.05) is 36.4 Å². The van der Waals surface area contributed by atoms with Crippen LogP contribution in [0.25, 0.3) is 0 Å². The Morgan fingerprint density at radius 1 is 1.16 bits per heavy atom. The van der Waals surface area contributed by atoms with Gasteiger partial charge in [0.15, 0.2) is 5.60 Å². The number of nitrogens with zero attached hydrogens (tertiary/aromatic N) is 3. The molecule has 1 aromatic carbocycles. The van der Waals surface area contributed by atoms with E-state index in [1.54, 1.807) is 12.5 Å². The van der Waals surface area contributed by atoms with Crippen LogP contribution in [-0.2, 0) is 21.6 Å². The molecule has 0 spiro atoms. The minimum Gasteiger partial charge on any atom is -0.457 e. The molecule has 4 rings (SSSR count). The molecule has 2 unspecified atom stereocenters. The molecule has 1 aliphatic heterocycles. The van der Waals surface area contributed by atoms with E-state index in [9.17, 15) is 9.90 Å². The van der Waals surface area contributed by atoms with Crippen LogP contribution in [0.5, 0.6) is 0 Å². The maximum Gasteiger partial charge on any atom is 0.343 e. The number of ether oxygens (including phenoxy) is 1. The number of aliphatic hydroxyl groups is 1. The first-order chi connectivity index (χ1) is 15.5. The van der Waals surface area contributed by atoms with Crippen LogP contribution in [0.3, 0.4) is 0 Å². The molecule has 1 saturated carbocycles. The molecule has 2 fully saturated rings. The first-order valence-corrected chi connectivity index (χ1v) is 12.1. The lowest BCUT2D eigenvalue weighted by molar-refractivity contribution is -0.921. The number of rotatable bonds is 9. The molecular formula is C26H36N3O3+. The summed E-state index contributed by atoms with van der Waals surface area (Å²) in [5.41, 5.74) is 0.177. The summed E-state index contributed by atoms with van der Waals surface area (Å²) in [6, 6.07) is 11.6. The minimum atomic E-state index is -1.55. The zero-order valence-corrected chi connectivity index (χ0v) is 19.2. The number of carbonyl (C=O) groups is 1. The molecule has 0 radical (unpaired) electrons. The Kier molecular flexibility index (Phi) is 7.21. The fourth-order valence-electron chi connectivity index (χ4n) is 5.67. The summed E-state index contributed by atoms with van der Waals surface area (Å²) in [7, 11) is 2.27. The fraction of sp³-hybridized carbons (Fsp3) is 0.577. The molecule has 32 heavy (non-hydrogen) atoms. The normalized spacial score (nSPS) is 25.5. The lowest BCUT2D eigenvalue weighted by Crippen LogP contribution is -2.52. The first-order valence-electron chi connectivity index (χ1n) is 12.1. The van der Waals surface area contributed by atoms with Gasteiger partial charge in [-0.2, -0.15) is 0 Å². The summed E-state index contributed by atoms with van der Waals surface area (Å²) in [6.07, 6.45) is 11.4. The van der Waals surface area contributed by atoms with E-state index in [4.69, 9.17) is 4.74 Å². The predicted molar refractivity (Wildman–Crippen MR) is 123 cm³/mol. The molecule has 0 bridgehead atoms. The Morgan fingerprint density at radius 2 is 1.94 bits per heavy atom. The number of likely N-dealkylation sites (tertiary alicyclic amines) is 1. The average Bonchev–Trinajstić information content (AvgIpc) is 3.49. The van der Waals surface area contributed by atoms with Gasteiger partial charge in [-0.15, -0.1) is 0 Å². The zero-order chi connectivity index (χ0) is 22.4. The second-order valence-electron chi connectivity index (χ2n) is 9.74. The van der Waals surface area contributed by atoms with Gasteiger partial charge < -0.3 is 14.3 Å². The standard InChI is InChI=1S/C26H36N3O3/c1-29(17-7-13-23-15-16-27-20-28-23)18-8-14-24(29)19-32-25(30)26(31,22-11-5-6-12-22)21-9-3-2-4-10-21/h2-4,9-10,15-16,20,22,24,31H,5-8,11-14,17-19H2,1H3/q+1/t24-,26?,29?/m1/s1. The fourth-order valence-corrected chi connectivity index (χ4v) is 5.67. The van der Waals surface area contributed by atoms with Crippen LogP contribution in [0.15, 0.2) is 48.9 Å². The van der Waals surface area contributed by atoms with Gasteiger partial charge in [-0.1, -0.05) is 43.2 Å². The topological polar surface area (TPSA) is 72.3 Å². The maximum absolute atomic E-state index is 13.3. The van der Waals surface area contributed by atoms with Gasteiger partial charge in [0, 0.05) is 37.1 Å².